The number of carbonyl (C=O) groups is 1. The van der Waals surface area contributed by atoms with E-state index in [-0.39, 0.29) is 11.9 Å². The van der Waals surface area contributed by atoms with Crippen LogP contribution in [0, 0.1) is 6.92 Å². The third-order valence-corrected chi connectivity index (χ3v) is 4.01. The molecule has 2 rings (SSSR count). The summed E-state index contributed by atoms with van der Waals surface area (Å²) < 4.78 is 0. The average molecular weight is 289 g/mol. The molecule has 0 saturated heterocycles. The van der Waals surface area contributed by atoms with Crippen molar-refractivity contribution >= 4 is 22.9 Å². The molecule has 5 heteroatoms. The lowest BCUT2D eigenvalue weighted by molar-refractivity contribution is 0.0940. The fourth-order valence-corrected chi connectivity index (χ4v) is 2.89. The summed E-state index contributed by atoms with van der Waals surface area (Å²) in [6.07, 6.45) is 0.852. The van der Waals surface area contributed by atoms with Gasteiger partial charge in [0.2, 0.25) is 0 Å². The highest BCUT2D eigenvalue weighted by molar-refractivity contribution is 7.09. The van der Waals surface area contributed by atoms with Crippen LogP contribution in [0.3, 0.4) is 0 Å². The standard InChI is InChI=1S/C15H19N3OS/c1-10-8-12(5-6-14(10)18-16)15(19)17-11(2)9-13-4-3-7-20-13/h3-8,11,18H,9,16H2,1-2H3,(H,17,19). The summed E-state index contributed by atoms with van der Waals surface area (Å²) in [7, 11) is 0. The van der Waals surface area contributed by atoms with Crippen LogP contribution in [0.15, 0.2) is 35.7 Å². The highest BCUT2D eigenvalue weighted by atomic mass is 32.1. The van der Waals surface area contributed by atoms with Gasteiger partial charge in [0.1, 0.15) is 0 Å². The fraction of sp³-hybridized carbons (Fsp3) is 0.267. The number of hydrazine groups is 1. The van der Waals surface area contributed by atoms with Gasteiger partial charge in [-0.25, -0.2) is 0 Å². The third-order valence-electron chi connectivity index (χ3n) is 3.11. The first-order chi connectivity index (χ1) is 9.60. The number of benzene rings is 1. The molecule has 0 saturated carbocycles. The van der Waals surface area contributed by atoms with Crippen LogP contribution in [0.25, 0.3) is 0 Å². The summed E-state index contributed by atoms with van der Waals surface area (Å²) in [4.78, 5) is 13.5. The molecule has 1 atom stereocenters. The number of carbonyl (C=O) groups excluding carboxylic acids is 1. The number of nitrogens with two attached hydrogens (primary N) is 1. The highest BCUT2D eigenvalue weighted by Gasteiger charge is 2.11. The van der Waals surface area contributed by atoms with Crippen molar-refractivity contribution in [3.05, 3.63) is 51.7 Å². The molecule has 0 radical (unpaired) electrons. The van der Waals surface area contributed by atoms with E-state index in [1.807, 2.05) is 37.4 Å². The van der Waals surface area contributed by atoms with Gasteiger partial charge in [0.05, 0.1) is 5.69 Å². The Labute approximate surface area is 123 Å². The molecule has 0 spiro atoms. The number of nitrogens with one attached hydrogen (secondary N) is 2. The first-order valence-corrected chi connectivity index (χ1v) is 7.38. The molecule has 0 aliphatic rings. The molecule has 0 bridgehead atoms. The molecule has 106 valence electrons. The molecule has 0 aliphatic heterocycles. The van der Waals surface area contributed by atoms with E-state index in [4.69, 9.17) is 5.84 Å². The van der Waals surface area contributed by atoms with Gasteiger partial charge in [0, 0.05) is 22.9 Å². The van der Waals surface area contributed by atoms with Gasteiger partial charge in [-0.1, -0.05) is 6.07 Å². The molecule has 4 N–H and O–H groups in total. The molecule has 4 nitrogen and oxygen atoms in total. The molecule has 1 unspecified atom stereocenters. The molecule has 0 fully saturated rings. The Kier molecular flexibility index (Phi) is 4.76. The number of nitrogen functional groups attached to an aromatic ring is 1. The zero-order chi connectivity index (χ0) is 14.5. The fourth-order valence-electron chi connectivity index (χ4n) is 2.06. The van der Waals surface area contributed by atoms with E-state index in [1.165, 1.54) is 4.88 Å². The monoisotopic (exact) mass is 289 g/mol. The van der Waals surface area contributed by atoms with Crippen LogP contribution in [0.2, 0.25) is 0 Å². The minimum Gasteiger partial charge on any atom is -0.349 e. The predicted molar refractivity (Wildman–Crippen MR) is 83.9 cm³/mol. The second kappa shape index (κ2) is 6.54. The molecule has 1 aromatic carbocycles. The van der Waals surface area contributed by atoms with Crippen LogP contribution in [0.5, 0.6) is 0 Å². The van der Waals surface area contributed by atoms with Crippen LogP contribution in [-0.4, -0.2) is 11.9 Å². The molecular weight excluding hydrogens is 270 g/mol. The van der Waals surface area contributed by atoms with Gasteiger partial charge in [-0.05, 0) is 49.1 Å². The number of amides is 1. The van der Waals surface area contributed by atoms with Crippen LogP contribution < -0.4 is 16.6 Å². The van der Waals surface area contributed by atoms with E-state index in [0.717, 1.165) is 17.7 Å². The number of rotatable bonds is 5. The van der Waals surface area contributed by atoms with Gasteiger partial charge < -0.3 is 10.7 Å². The maximum absolute atomic E-state index is 12.2. The first-order valence-electron chi connectivity index (χ1n) is 6.50. The topological polar surface area (TPSA) is 67.2 Å². The lowest BCUT2D eigenvalue weighted by Gasteiger charge is -2.14. The summed E-state index contributed by atoms with van der Waals surface area (Å²) in [5.41, 5.74) is 5.03. The zero-order valence-corrected chi connectivity index (χ0v) is 12.5. The quantitative estimate of drug-likeness (QED) is 0.585. The van der Waals surface area contributed by atoms with Crippen LogP contribution in [0.4, 0.5) is 5.69 Å². The van der Waals surface area contributed by atoms with Gasteiger partial charge in [-0.3, -0.25) is 10.6 Å². The number of hydrogen-bond donors (Lipinski definition) is 3. The van der Waals surface area contributed by atoms with Gasteiger partial charge >= 0.3 is 0 Å². The number of anilines is 1. The van der Waals surface area contributed by atoms with Crippen molar-refractivity contribution in [3.63, 3.8) is 0 Å². The average Bonchev–Trinajstić information content (AvgIpc) is 2.91. The zero-order valence-electron chi connectivity index (χ0n) is 11.6. The SMILES string of the molecule is Cc1cc(C(=O)NC(C)Cc2cccs2)ccc1NN. The van der Waals surface area contributed by atoms with Crippen LogP contribution >= 0.6 is 11.3 Å². The Hall–Kier alpha value is -1.85. The molecule has 20 heavy (non-hydrogen) atoms. The Bertz CT molecular complexity index is 581. The van der Waals surface area contributed by atoms with E-state index in [2.05, 4.69) is 16.8 Å². The van der Waals surface area contributed by atoms with Gasteiger partial charge in [-0.15, -0.1) is 11.3 Å². The maximum Gasteiger partial charge on any atom is 0.251 e. The van der Waals surface area contributed by atoms with Gasteiger partial charge in [-0.2, -0.15) is 0 Å². The van der Waals surface area contributed by atoms with Crippen LogP contribution in [-0.2, 0) is 6.42 Å². The van der Waals surface area contributed by atoms with Crippen molar-refractivity contribution in [3.8, 4) is 0 Å². The van der Waals surface area contributed by atoms with E-state index in [1.54, 1.807) is 17.4 Å². The summed E-state index contributed by atoms with van der Waals surface area (Å²) in [6.45, 7) is 3.93. The van der Waals surface area contributed by atoms with Crippen molar-refractivity contribution in [2.75, 3.05) is 5.43 Å². The van der Waals surface area contributed by atoms with Crippen molar-refractivity contribution < 1.29 is 4.79 Å². The second-order valence-corrected chi connectivity index (χ2v) is 5.86. The van der Waals surface area contributed by atoms with Crippen molar-refractivity contribution in [2.45, 2.75) is 26.3 Å². The Morgan fingerprint density at radius 3 is 2.80 bits per heavy atom. The van der Waals surface area contributed by atoms with Crippen molar-refractivity contribution in [1.29, 1.82) is 0 Å². The minimum atomic E-state index is -0.0549. The summed E-state index contributed by atoms with van der Waals surface area (Å²) in [5.74, 6) is 5.33. The number of aryl methyl sites for hydroxylation is 1. The summed E-state index contributed by atoms with van der Waals surface area (Å²) >= 11 is 1.71. The normalized spacial score (nSPS) is 11.9. The summed E-state index contributed by atoms with van der Waals surface area (Å²) in [5, 5.41) is 5.06. The van der Waals surface area contributed by atoms with Gasteiger partial charge in [0.15, 0.2) is 0 Å². The molecular formula is C15H19N3OS. The number of hydrogen-bond acceptors (Lipinski definition) is 4. The van der Waals surface area contributed by atoms with E-state index >= 15 is 0 Å². The lowest BCUT2D eigenvalue weighted by Crippen LogP contribution is -2.33. The smallest absolute Gasteiger partial charge is 0.251 e. The van der Waals surface area contributed by atoms with E-state index < -0.39 is 0 Å². The minimum absolute atomic E-state index is 0.0549. The molecule has 1 heterocycles. The lowest BCUT2D eigenvalue weighted by atomic mass is 10.1. The Morgan fingerprint density at radius 2 is 2.20 bits per heavy atom. The molecule has 0 aliphatic carbocycles. The maximum atomic E-state index is 12.2. The molecule has 2 aromatic rings. The predicted octanol–water partition coefficient (Wildman–Crippen LogP) is 2.70. The summed E-state index contributed by atoms with van der Waals surface area (Å²) in [6, 6.07) is 9.63. The van der Waals surface area contributed by atoms with E-state index in [0.29, 0.717) is 5.56 Å². The third kappa shape index (κ3) is 3.59. The Morgan fingerprint density at radius 1 is 1.40 bits per heavy atom. The Balaban J connectivity index is 1.99. The molecule has 1 aromatic heterocycles. The first kappa shape index (κ1) is 14.6. The van der Waals surface area contributed by atoms with Gasteiger partial charge in [0.25, 0.3) is 5.91 Å². The largest absolute Gasteiger partial charge is 0.349 e. The van der Waals surface area contributed by atoms with Crippen molar-refractivity contribution in [1.82, 2.24) is 5.32 Å². The van der Waals surface area contributed by atoms with E-state index in [9.17, 15) is 4.79 Å². The van der Waals surface area contributed by atoms with Crippen molar-refractivity contribution in [2.24, 2.45) is 5.84 Å². The molecule has 1 amide bonds. The second-order valence-electron chi connectivity index (χ2n) is 4.83. The van der Waals surface area contributed by atoms with Crippen LogP contribution in [0.1, 0.15) is 27.7 Å². The highest BCUT2D eigenvalue weighted by Crippen LogP contribution is 2.16. The number of thiophene rings is 1.